The Bertz CT molecular complexity index is 1250. The number of ether oxygens (including phenoxy) is 1. The van der Waals surface area contributed by atoms with Crippen molar-refractivity contribution in [1.82, 2.24) is 9.62 Å². The number of rotatable bonds is 6. The van der Waals surface area contributed by atoms with E-state index in [0.29, 0.717) is 12.1 Å². The molecule has 0 aromatic heterocycles. The molecule has 0 spiro atoms. The van der Waals surface area contributed by atoms with Crippen LogP contribution in [0.15, 0.2) is 65.6 Å². The first-order chi connectivity index (χ1) is 15.3. The van der Waals surface area contributed by atoms with Crippen LogP contribution in [0.2, 0.25) is 0 Å². The summed E-state index contributed by atoms with van der Waals surface area (Å²) < 4.78 is 33.5. The fourth-order valence-electron chi connectivity index (χ4n) is 4.43. The number of nitrogens with zero attached hydrogens (tertiary/aromatic N) is 1. The first-order valence-electron chi connectivity index (χ1n) is 10.8. The maximum Gasteiger partial charge on any atom is 0.254 e. The predicted molar refractivity (Wildman–Crippen MR) is 125 cm³/mol. The molecule has 1 fully saturated rings. The summed E-state index contributed by atoms with van der Waals surface area (Å²) in [4.78, 5) is 15.4. The van der Waals surface area contributed by atoms with E-state index in [1.165, 1.54) is 13.2 Å². The van der Waals surface area contributed by atoms with E-state index in [2.05, 4.69) is 29.0 Å². The molecule has 3 aromatic rings. The van der Waals surface area contributed by atoms with Crippen molar-refractivity contribution in [2.45, 2.75) is 43.7 Å². The van der Waals surface area contributed by atoms with Crippen LogP contribution in [0.1, 0.15) is 48.7 Å². The van der Waals surface area contributed by atoms with Gasteiger partial charge in [0.2, 0.25) is 10.0 Å². The molecule has 0 saturated carbocycles. The minimum absolute atomic E-state index is 0.0274. The quantitative estimate of drug-likeness (QED) is 0.597. The lowest BCUT2D eigenvalue weighted by molar-refractivity contribution is 0.0736. The molecule has 1 amide bonds. The van der Waals surface area contributed by atoms with Crippen molar-refractivity contribution >= 4 is 26.7 Å². The minimum Gasteiger partial charge on any atom is -0.495 e. The van der Waals surface area contributed by atoms with Gasteiger partial charge >= 0.3 is 0 Å². The van der Waals surface area contributed by atoms with Gasteiger partial charge in [-0.15, -0.1) is 0 Å². The van der Waals surface area contributed by atoms with E-state index in [-0.39, 0.29) is 28.6 Å². The van der Waals surface area contributed by atoms with Gasteiger partial charge in [0.15, 0.2) is 0 Å². The molecule has 1 heterocycles. The highest BCUT2D eigenvalue weighted by atomic mass is 32.2. The van der Waals surface area contributed by atoms with E-state index in [0.717, 1.165) is 29.2 Å². The molecule has 0 aliphatic carbocycles. The molecule has 1 saturated heterocycles. The van der Waals surface area contributed by atoms with Crippen molar-refractivity contribution in [2.75, 3.05) is 13.7 Å². The second-order valence-electron chi connectivity index (χ2n) is 8.37. The maximum atomic E-state index is 13.5. The molecule has 1 N–H and O–H groups in total. The predicted octanol–water partition coefficient (Wildman–Crippen LogP) is 4.51. The van der Waals surface area contributed by atoms with E-state index >= 15 is 0 Å². The molecule has 32 heavy (non-hydrogen) atoms. The summed E-state index contributed by atoms with van der Waals surface area (Å²) in [5, 5.41) is 2.28. The minimum atomic E-state index is -3.82. The highest BCUT2D eigenvalue weighted by Crippen LogP contribution is 2.37. The van der Waals surface area contributed by atoms with Crippen molar-refractivity contribution < 1.29 is 17.9 Å². The third-order valence-corrected chi connectivity index (χ3v) is 7.47. The number of likely N-dealkylation sites (tertiary alicyclic amines) is 1. The summed E-state index contributed by atoms with van der Waals surface area (Å²) in [6.45, 7) is 4.13. The molecule has 6 nitrogen and oxygen atoms in total. The first-order valence-corrected chi connectivity index (χ1v) is 12.3. The van der Waals surface area contributed by atoms with Gasteiger partial charge < -0.3 is 9.64 Å². The molecular weight excluding hydrogens is 424 g/mol. The van der Waals surface area contributed by atoms with Crippen molar-refractivity contribution in [3.63, 3.8) is 0 Å². The number of sulfonamides is 1. The van der Waals surface area contributed by atoms with E-state index in [1.807, 2.05) is 23.1 Å². The smallest absolute Gasteiger partial charge is 0.254 e. The van der Waals surface area contributed by atoms with Gasteiger partial charge in [0.25, 0.3) is 5.91 Å². The largest absolute Gasteiger partial charge is 0.495 e. The Morgan fingerprint density at radius 1 is 1.09 bits per heavy atom. The number of hydrogen-bond donors (Lipinski definition) is 1. The molecule has 1 unspecified atom stereocenters. The van der Waals surface area contributed by atoms with Gasteiger partial charge in [0, 0.05) is 18.2 Å². The van der Waals surface area contributed by atoms with Crippen molar-refractivity contribution in [3.8, 4) is 5.75 Å². The van der Waals surface area contributed by atoms with Crippen LogP contribution in [-0.4, -0.2) is 38.9 Å². The summed E-state index contributed by atoms with van der Waals surface area (Å²) in [7, 11) is -2.40. The van der Waals surface area contributed by atoms with Crippen LogP contribution in [0, 0.1) is 0 Å². The van der Waals surface area contributed by atoms with Crippen LogP contribution in [0.4, 0.5) is 0 Å². The Morgan fingerprint density at radius 2 is 1.84 bits per heavy atom. The Morgan fingerprint density at radius 3 is 2.59 bits per heavy atom. The van der Waals surface area contributed by atoms with E-state index in [4.69, 9.17) is 4.74 Å². The average Bonchev–Trinajstić information content (AvgIpc) is 3.26. The zero-order valence-corrected chi connectivity index (χ0v) is 19.4. The van der Waals surface area contributed by atoms with Crippen molar-refractivity contribution in [2.24, 2.45) is 0 Å². The van der Waals surface area contributed by atoms with Gasteiger partial charge in [0.1, 0.15) is 10.6 Å². The molecule has 3 aromatic carbocycles. The zero-order chi connectivity index (χ0) is 22.9. The number of benzene rings is 3. The molecule has 1 aliphatic rings. The molecule has 7 heteroatoms. The van der Waals surface area contributed by atoms with Crippen LogP contribution >= 0.6 is 0 Å². The number of hydrogen-bond acceptors (Lipinski definition) is 4. The molecule has 0 bridgehead atoms. The number of methoxy groups -OCH3 is 1. The Labute approximate surface area is 189 Å². The summed E-state index contributed by atoms with van der Waals surface area (Å²) in [6.07, 6.45) is 1.77. The number of carbonyl (C=O) groups excluding carboxylic acids is 1. The fourth-order valence-corrected chi connectivity index (χ4v) is 5.88. The third-order valence-electron chi connectivity index (χ3n) is 5.79. The van der Waals surface area contributed by atoms with E-state index in [9.17, 15) is 13.2 Å². The Hall–Kier alpha value is -2.90. The molecule has 1 aliphatic heterocycles. The zero-order valence-electron chi connectivity index (χ0n) is 18.5. The van der Waals surface area contributed by atoms with Crippen molar-refractivity contribution in [3.05, 3.63) is 71.8 Å². The van der Waals surface area contributed by atoms with Gasteiger partial charge in [-0.05, 0) is 61.2 Å². The van der Waals surface area contributed by atoms with Crippen LogP contribution < -0.4 is 9.46 Å². The number of carbonyl (C=O) groups is 1. The Kier molecular flexibility index (Phi) is 6.22. The van der Waals surface area contributed by atoms with Crippen LogP contribution in [0.25, 0.3) is 10.8 Å². The van der Waals surface area contributed by atoms with Crippen LogP contribution in [0.3, 0.4) is 0 Å². The highest BCUT2D eigenvalue weighted by Gasteiger charge is 2.32. The summed E-state index contributed by atoms with van der Waals surface area (Å²) in [5.41, 5.74) is 1.46. The number of fused-ring (bicyclic) bond motifs is 1. The topological polar surface area (TPSA) is 75.7 Å². The molecular formula is C25H28N2O4S. The average molecular weight is 453 g/mol. The Balaban J connectivity index is 1.72. The monoisotopic (exact) mass is 452 g/mol. The third kappa shape index (κ3) is 4.23. The molecule has 1 atom stereocenters. The van der Waals surface area contributed by atoms with Gasteiger partial charge in [-0.2, -0.15) is 0 Å². The fraction of sp³-hybridized carbons (Fsp3) is 0.320. The van der Waals surface area contributed by atoms with Crippen LogP contribution in [0.5, 0.6) is 5.75 Å². The maximum absolute atomic E-state index is 13.5. The lowest BCUT2D eigenvalue weighted by Crippen LogP contribution is -2.32. The van der Waals surface area contributed by atoms with E-state index in [1.54, 1.807) is 26.0 Å². The van der Waals surface area contributed by atoms with Gasteiger partial charge in [-0.25, -0.2) is 13.1 Å². The lowest BCUT2D eigenvalue weighted by atomic mass is 9.97. The standard InChI is InChI=1S/C25H28N2O4S/c1-17(2)26-32(29,30)24-16-19(13-14-23(24)31-3)25(28)27-15-7-12-22(27)21-11-6-9-18-8-4-5-10-20(18)21/h4-6,8-11,13-14,16-17,22,26H,7,12,15H2,1-3H3. The normalized spacial score (nSPS) is 16.6. The summed E-state index contributed by atoms with van der Waals surface area (Å²) in [6, 6.07) is 18.6. The van der Waals surface area contributed by atoms with Crippen LogP contribution in [-0.2, 0) is 10.0 Å². The molecule has 0 radical (unpaired) electrons. The highest BCUT2D eigenvalue weighted by molar-refractivity contribution is 7.89. The van der Waals surface area contributed by atoms with Gasteiger partial charge in [-0.3, -0.25) is 4.79 Å². The lowest BCUT2D eigenvalue weighted by Gasteiger charge is -2.26. The summed E-state index contributed by atoms with van der Waals surface area (Å²) in [5.74, 6) is 0.0332. The van der Waals surface area contributed by atoms with Crippen molar-refractivity contribution in [1.29, 1.82) is 0 Å². The molecule has 4 rings (SSSR count). The number of nitrogens with one attached hydrogen (secondary N) is 1. The van der Waals surface area contributed by atoms with E-state index < -0.39 is 10.0 Å². The second-order valence-corrected chi connectivity index (χ2v) is 10.0. The SMILES string of the molecule is COc1ccc(C(=O)N2CCCC2c2cccc3ccccc23)cc1S(=O)(=O)NC(C)C. The first kappa shape index (κ1) is 22.3. The van der Waals surface area contributed by atoms with Gasteiger partial charge in [-0.1, -0.05) is 42.5 Å². The summed E-state index contributed by atoms with van der Waals surface area (Å²) >= 11 is 0. The van der Waals surface area contributed by atoms with Gasteiger partial charge in [0.05, 0.1) is 13.2 Å². The molecule has 168 valence electrons. The second kappa shape index (κ2) is 8.92. The number of amides is 1.